The molecule has 1 aromatic heterocycles. The van der Waals surface area contributed by atoms with Crippen molar-refractivity contribution in [2.45, 2.75) is 34.2 Å². The Balaban J connectivity index is 2.22. The van der Waals surface area contributed by atoms with Crippen molar-refractivity contribution in [1.82, 2.24) is 9.78 Å². The first-order valence-electron chi connectivity index (χ1n) is 7.56. The topological polar surface area (TPSA) is 64.0 Å². The Labute approximate surface area is 136 Å². The molecule has 5 nitrogen and oxygen atoms in total. The number of anilines is 1. The molecule has 1 heterocycles. The van der Waals surface area contributed by atoms with Gasteiger partial charge in [-0.15, -0.1) is 0 Å². The van der Waals surface area contributed by atoms with Crippen LogP contribution < -0.4 is 5.32 Å². The molecule has 0 spiro atoms. The highest BCUT2D eigenvalue weighted by atomic mass is 16.1. The minimum atomic E-state index is -0.164. The molecule has 0 atom stereocenters. The summed E-state index contributed by atoms with van der Waals surface area (Å²) in [5.41, 5.74) is 4.06. The standard InChI is InChI=1S/C18H21N3O2/c1-5-21-13(3)17(12(2)20-21)9-10-18(23)15-7-6-8-16(11-15)19-14(4)22/h6-11H,5H2,1-4H3,(H,19,22)/b10-9-. The molecule has 0 saturated heterocycles. The second kappa shape index (κ2) is 7.05. The number of aryl methyl sites for hydroxylation is 2. The molecule has 0 bridgehead atoms. The largest absolute Gasteiger partial charge is 0.326 e. The highest BCUT2D eigenvalue weighted by molar-refractivity contribution is 6.07. The Morgan fingerprint density at radius 1 is 1.30 bits per heavy atom. The van der Waals surface area contributed by atoms with E-state index in [0.717, 1.165) is 23.5 Å². The lowest BCUT2D eigenvalue weighted by molar-refractivity contribution is -0.114. The quantitative estimate of drug-likeness (QED) is 0.680. The molecule has 23 heavy (non-hydrogen) atoms. The van der Waals surface area contributed by atoms with Crippen LogP contribution in [0.15, 0.2) is 30.3 Å². The van der Waals surface area contributed by atoms with E-state index in [1.54, 1.807) is 36.4 Å². The van der Waals surface area contributed by atoms with Crippen molar-refractivity contribution in [1.29, 1.82) is 0 Å². The van der Waals surface area contributed by atoms with Gasteiger partial charge in [0, 0.05) is 36.0 Å². The maximum absolute atomic E-state index is 12.3. The van der Waals surface area contributed by atoms with Gasteiger partial charge in [-0.1, -0.05) is 12.1 Å². The highest BCUT2D eigenvalue weighted by Gasteiger charge is 2.09. The third-order valence-corrected chi connectivity index (χ3v) is 3.61. The zero-order valence-electron chi connectivity index (χ0n) is 13.9. The van der Waals surface area contributed by atoms with Crippen LogP contribution in [0.3, 0.4) is 0 Å². The number of carbonyl (C=O) groups excluding carboxylic acids is 2. The van der Waals surface area contributed by atoms with Crippen molar-refractivity contribution in [2.24, 2.45) is 0 Å². The summed E-state index contributed by atoms with van der Waals surface area (Å²) >= 11 is 0. The Morgan fingerprint density at radius 2 is 2.04 bits per heavy atom. The molecule has 0 aliphatic carbocycles. The molecule has 1 N–H and O–H groups in total. The average Bonchev–Trinajstić information content (AvgIpc) is 2.78. The van der Waals surface area contributed by atoms with Crippen molar-refractivity contribution in [3.05, 3.63) is 52.9 Å². The Bertz CT molecular complexity index is 773. The van der Waals surface area contributed by atoms with Crippen LogP contribution in [0.4, 0.5) is 5.69 Å². The van der Waals surface area contributed by atoms with Crippen LogP contribution in [-0.4, -0.2) is 21.5 Å². The lowest BCUT2D eigenvalue weighted by atomic mass is 10.1. The van der Waals surface area contributed by atoms with Crippen molar-refractivity contribution < 1.29 is 9.59 Å². The maximum Gasteiger partial charge on any atom is 0.221 e. The van der Waals surface area contributed by atoms with Gasteiger partial charge in [0.1, 0.15) is 0 Å². The van der Waals surface area contributed by atoms with Crippen LogP contribution in [0.2, 0.25) is 0 Å². The third kappa shape index (κ3) is 3.94. The predicted molar refractivity (Wildman–Crippen MR) is 91.5 cm³/mol. The van der Waals surface area contributed by atoms with E-state index in [4.69, 9.17) is 0 Å². The lowest BCUT2D eigenvalue weighted by Crippen LogP contribution is -2.06. The summed E-state index contributed by atoms with van der Waals surface area (Å²) in [6.07, 6.45) is 3.35. The Kier molecular flexibility index (Phi) is 5.11. The van der Waals surface area contributed by atoms with Crippen molar-refractivity contribution >= 4 is 23.5 Å². The van der Waals surface area contributed by atoms with Gasteiger partial charge in [-0.2, -0.15) is 5.10 Å². The summed E-state index contributed by atoms with van der Waals surface area (Å²) in [4.78, 5) is 23.4. The summed E-state index contributed by atoms with van der Waals surface area (Å²) in [7, 11) is 0. The highest BCUT2D eigenvalue weighted by Crippen LogP contribution is 2.16. The van der Waals surface area contributed by atoms with Gasteiger partial charge in [0.15, 0.2) is 5.78 Å². The van der Waals surface area contributed by atoms with Gasteiger partial charge in [0.25, 0.3) is 0 Å². The molecule has 2 rings (SSSR count). The molecule has 0 radical (unpaired) electrons. The average molecular weight is 311 g/mol. The first kappa shape index (κ1) is 16.7. The van der Waals surface area contributed by atoms with E-state index in [-0.39, 0.29) is 11.7 Å². The molecular weight excluding hydrogens is 290 g/mol. The summed E-state index contributed by atoms with van der Waals surface area (Å²) in [6, 6.07) is 6.90. The Morgan fingerprint density at radius 3 is 2.65 bits per heavy atom. The van der Waals surface area contributed by atoms with E-state index in [0.29, 0.717) is 11.3 Å². The molecule has 0 saturated carbocycles. The van der Waals surface area contributed by atoms with Gasteiger partial charge >= 0.3 is 0 Å². The minimum absolute atomic E-state index is 0.111. The number of amides is 1. The van der Waals surface area contributed by atoms with Crippen LogP contribution in [0, 0.1) is 13.8 Å². The number of nitrogens with one attached hydrogen (secondary N) is 1. The van der Waals surface area contributed by atoms with Gasteiger partial charge in [0.2, 0.25) is 5.91 Å². The van der Waals surface area contributed by atoms with Gasteiger partial charge in [-0.05, 0) is 45.1 Å². The summed E-state index contributed by atoms with van der Waals surface area (Å²) in [5.74, 6) is -0.274. The predicted octanol–water partition coefficient (Wildman–Crippen LogP) is 3.37. The van der Waals surface area contributed by atoms with E-state index in [1.807, 2.05) is 25.5 Å². The third-order valence-electron chi connectivity index (χ3n) is 3.61. The monoisotopic (exact) mass is 311 g/mol. The molecule has 120 valence electrons. The van der Waals surface area contributed by atoms with Crippen LogP contribution in [0.5, 0.6) is 0 Å². The van der Waals surface area contributed by atoms with Gasteiger partial charge in [-0.3, -0.25) is 14.3 Å². The van der Waals surface area contributed by atoms with Gasteiger partial charge in [-0.25, -0.2) is 0 Å². The molecule has 0 unspecified atom stereocenters. The molecule has 2 aromatic rings. The molecule has 5 heteroatoms. The number of nitrogens with zero attached hydrogens (tertiary/aromatic N) is 2. The minimum Gasteiger partial charge on any atom is -0.326 e. The van der Waals surface area contributed by atoms with Crippen LogP contribution in [0.25, 0.3) is 6.08 Å². The number of rotatable bonds is 5. The number of hydrogen-bond donors (Lipinski definition) is 1. The first-order chi connectivity index (χ1) is 10.9. The number of hydrogen-bond acceptors (Lipinski definition) is 3. The van der Waals surface area contributed by atoms with Crippen molar-refractivity contribution in [3.63, 3.8) is 0 Å². The zero-order chi connectivity index (χ0) is 17.0. The van der Waals surface area contributed by atoms with E-state index in [9.17, 15) is 9.59 Å². The summed E-state index contributed by atoms with van der Waals surface area (Å²) in [5, 5.41) is 7.11. The second-order valence-corrected chi connectivity index (χ2v) is 5.36. The van der Waals surface area contributed by atoms with Crippen LogP contribution in [0.1, 0.15) is 41.2 Å². The smallest absolute Gasteiger partial charge is 0.221 e. The Hall–Kier alpha value is -2.69. The van der Waals surface area contributed by atoms with Gasteiger partial charge < -0.3 is 5.32 Å². The molecule has 0 aliphatic rings. The lowest BCUT2D eigenvalue weighted by Gasteiger charge is -2.03. The van der Waals surface area contributed by atoms with E-state index in [1.165, 1.54) is 6.92 Å². The fourth-order valence-electron chi connectivity index (χ4n) is 2.47. The maximum atomic E-state index is 12.3. The number of carbonyl (C=O) groups is 2. The van der Waals surface area contributed by atoms with E-state index < -0.39 is 0 Å². The fraction of sp³-hybridized carbons (Fsp3) is 0.278. The molecular formula is C18H21N3O2. The second-order valence-electron chi connectivity index (χ2n) is 5.36. The number of aromatic nitrogens is 2. The van der Waals surface area contributed by atoms with Crippen molar-refractivity contribution in [3.8, 4) is 0 Å². The molecule has 1 amide bonds. The summed E-state index contributed by atoms with van der Waals surface area (Å²) in [6.45, 7) is 8.19. The zero-order valence-corrected chi connectivity index (χ0v) is 13.9. The molecule has 0 aliphatic heterocycles. The number of ketones is 1. The van der Waals surface area contributed by atoms with Gasteiger partial charge in [0.05, 0.1) is 5.69 Å². The summed E-state index contributed by atoms with van der Waals surface area (Å²) < 4.78 is 1.91. The number of benzene rings is 1. The SMILES string of the molecule is CCn1nc(C)c(/C=C\C(=O)c2cccc(NC(C)=O)c2)c1C. The molecule has 0 fully saturated rings. The fourth-order valence-corrected chi connectivity index (χ4v) is 2.47. The normalized spacial score (nSPS) is 11.0. The van der Waals surface area contributed by atoms with E-state index >= 15 is 0 Å². The van der Waals surface area contributed by atoms with Crippen LogP contribution >= 0.6 is 0 Å². The number of allylic oxidation sites excluding steroid dienone is 1. The molecule has 1 aromatic carbocycles. The van der Waals surface area contributed by atoms with E-state index in [2.05, 4.69) is 10.4 Å². The van der Waals surface area contributed by atoms with Crippen molar-refractivity contribution in [2.75, 3.05) is 5.32 Å². The van der Waals surface area contributed by atoms with Crippen LogP contribution in [-0.2, 0) is 11.3 Å². The first-order valence-corrected chi connectivity index (χ1v) is 7.56.